The van der Waals surface area contributed by atoms with Gasteiger partial charge in [-0.2, -0.15) is 0 Å². The highest BCUT2D eigenvalue weighted by Gasteiger charge is 2.22. The number of thioether (sulfide) groups is 1. The number of rotatable bonds is 6. The number of carbonyl (C=O) groups is 1. The van der Waals surface area contributed by atoms with Crippen LogP contribution in [0.4, 0.5) is 0 Å². The Morgan fingerprint density at radius 1 is 1.20 bits per heavy atom. The molecule has 1 amide bonds. The highest BCUT2D eigenvalue weighted by Crippen LogP contribution is 2.25. The van der Waals surface area contributed by atoms with Crippen LogP contribution in [0.3, 0.4) is 0 Å². The highest BCUT2D eigenvalue weighted by molar-refractivity contribution is 8.00. The van der Waals surface area contributed by atoms with Gasteiger partial charge in [0.15, 0.2) is 5.76 Å². The fourth-order valence-corrected chi connectivity index (χ4v) is 3.08. The Balaban J connectivity index is 1.64. The van der Waals surface area contributed by atoms with Gasteiger partial charge in [0, 0.05) is 0 Å². The first-order valence-electron chi connectivity index (χ1n) is 7.82. The Labute approximate surface area is 149 Å². The molecule has 25 heavy (non-hydrogen) atoms. The molecule has 7 nitrogen and oxygen atoms in total. The summed E-state index contributed by atoms with van der Waals surface area (Å²) in [7, 11) is 0. The number of furan rings is 1. The second kappa shape index (κ2) is 7.43. The molecule has 8 heteroatoms. The van der Waals surface area contributed by atoms with Gasteiger partial charge in [0.1, 0.15) is 0 Å². The third-order valence-electron chi connectivity index (χ3n) is 3.72. The van der Waals surface area contributed by atoms with Gasteiger partial charge in [-0.25, -0.2) is 4.68 Å². The van der Waals surface area contributed by atoms with Crippen molar-refractivity contribution in [1.82, 2.24) is 20.2 Å². The van der Waals surface area contributed by atoms with Crippen molar-refractivity contribution in [3.63, 3.8) is 0 Å². The molecular formula is C17H19N5O2S. The van der Waals surface area contributed by atoms with E-state index in [0.29, 0.717) is 16.7 Å². The molecular weight excluding hydrogens is 338 g/mol. The molecule has 3 rings (SSSR count). The average molecular weight is 357 g/mol. The Morgan fingerprint density at radius 3 is 2.64 bits per heavy atom. The van der Waals surface area contributed by atoms with Crippen molar-refractivity contribution in [1.29, 1.82) is 0 Å². The summed E-state index contributed by atoms with van der Waals surface area (Å²) in [5.74, 6) is 6.86. The normalized spacial score (nSPS) is 13.4. The molecule has 2 heterocycles. The summed E-state index contributed by atoms with van der Waals surface area (Å²) in [6.07, 6.45) is 1.54. The number of benzene rings is 1. The molecule has 2 atom stereocenters. The monoisotopic (exact) mass is 357 g/mol. The molecule has 130 valence electrons. The molecule has 0 aliphatic rings. The summed E-state index contributed by atoms with van der Waals surface area (Å²) in [6.45, 7) is 3.75. The number of carbonyl (C=O) groups excluding carboxylic acids is 1. The van der Waals surface area contributed by atoms with Crippen molar-refractivity contribution in [3.8, 4) is 11.6 Å². The van der Waals surface area contributed by atoms with E-state index in [1.807, 2.05) is 37.3 Å². The second-order valence-corrected chi connectivity index (χ2v) is 6.86. The van der Waals surface area contributed by atoms with Crippen LogP contribution < -0.4 is 11.2 Å². The zero-order chi connectivity index (χ0) is 17.8. The van der Waals surface area contributed by atoms with Gasteiger partial charge in [-0.15, -0.1) is 10.2 Å². The van der Waals surface area contributed by atoms with Crippen LogP contribution in [0, 0.1) is 0 Å². The molecule has 0 fully saturated rings. The fraction of sp³-hybridized carbons (Fsp3) is 0.235. The van der Waals surface area contributed by atoms with Crippen LogP contribution in [-0.4, -0.2) is 26.0 Å². The summed E-state index contributed by atoms with van der Waals surface area (Å²) >= 11 is 1.24. The van der Waals surface area contributed by atoms with E-state index in [-0.39, 0.29) is 17.2 Å². The molecule has 0 bridgehead atoms. The fourth-order valence-electron chi connectivity index (χ4n) is 2.30. The molecule has 3 N–H and O–H groups in total. The van der Waals surface area contributed by atoms with Crippen LogP contribution in [0.5, 0.6) is 0 Å². The lowest BCUT2D eigenvalue weighted by atomic mass is 10.1. The van der Waals surface area contributed by atoms with Gasteiger partial charge in [-0.3, -0.25) is 4.79 Å². The Hall–Kier alpha value is -2.74. The third-order valence-corrected chi connectivity index (χ3v) is 4.77. The Morgan fingerprint density at radius 2 is 1.96 bits per heavy atom. The van der Waals surface area contributed by atoms with Gasteiger partial charge < -0.3 is 15.6 Å². The molecule has 0 aliphatic heterocycles. The van der Waals surface area contributed by atoms with E-state index in [1.54, 1.807) is 19.1 Å². The number of aromatic nitrogens is 3. The SMILES string of the molecule is CC(Sc1nnc(-c2ccco2)n1N)C(=O)NC(C)c1ccccc1. The Bertz CT molecular complexity index is 832. The minimum Gasteiger partial charge on any atom is -0.461 e. The number of nitrogens with one attached hydrogen (secondary N) is 1. The summed E-state index contributed by atoms with van der Waals surface area (Å²) in [6, 6.07) is 13.2. The maximum atomic E-state index is 12.4. The first-order chi connectivity index (χ1) is 12.1. The van der Waals surface area contributed by atoms with Crippen molar-refractivity contribution in [2.45, 2.75) is 30.3 Å². The molecule has 0 aliphatic carbocycles. The molecule has 2 aromatic heterocycles. The number of hydrogen-bond donors (Lipinski definition) is 2. The smallest absolute Gasteiger partial charge is 0.233 e. The molecule has 3 aromatic rings. The third kappa shape index (κ3) is 3.85. The largest absolute Gasteiger partial charge is 0.461 e. The maximum absolute atomic E-state index is 12.4. The topological polar surface area (TPSA) is 99.0 Å². The van der Waals surface area contributed by atoms with E-state index in [1.165, 1.54) is 22.7 Å². The van der Waals surface area contributed by atoms with E-state index < -0.39 is 0 Å². The lowest BCUT2D eigenvalue weighted by molar-refractivity contribution is -0.120. The van der Waals surface area contributed by atoms with Crippen molar-refractivity contribution >= 4 is 17.7 Å². The van der Waals surface area contributed by atoms with Gasteiger partial charge in [-0.1, -0.05) is 42.1 Å². The van der Waals surface area contributed by atoms with Gasteiger partial charge in [0.05, 0.1) is 17.6 Å². The summed E-state index contributed by atoms with van der Waals surface area (Å²) in [5, 5.41) is 11.1. The molecule has 0 saturated carbocycles. The van der Waals surface area contributed by atoms with Gasteiger partial charge >= 0.3 is 0 Å². The van der Waals surface area contributed by atoms with Crippen molar-refractivity contribution < 1.29 is 9.21 Å². The zero-order valence-electron chi connectivity index (χ0n) is 13.9. The van der Waals surface area contributed by atoms with E-state index in [0.717, 1.165) is 5.56 Å². The average Bonchev–Trinajstić information content (AvgIpc) is 3.26. The summed E-state index contributed by atoms with van der Waals surface area (Å²) < 4.78 is 6.60. The number of nitrogen functional groups attached to an aromatic ring is 1. The van der Waals surface area contributed by atoms with Gasteiger partial charge in [0.25, 0.3) is 0 Å². The highest BCUT2D eigenvalue weighted by atomic mass is 32.2. The van der Waals surface area contributed by atoms with Crippen molar-refractivity contribution in [3.05, 3.63) is 54.3 Å². The predicted molar refractivity (Wildman–Crippen MR) is 96.2 cm³/mol. The summed E-state index contributed by atoms with van der Waals surface area (Å²) in [5.41, 5.74) is 1.05. The zero-order valence-corrected chi connectivity index (χ0v) is 14.7. The van der Waals surface area contributed by atoms with Crippen LogP contribution >= 0.6 is 11.8 Å². The predicted octanol–water partition coefficient (Wildman–Crippen LogP) is 2.61. The van der Waals surface area contributed by atoms with Crippen molar-refractivity contribution in [2.24, 2.45) is 0 Å². The first kappa shape index (κ1) is 17.1. The quantitative estimate of drug-likeness (QED) is 0.520. The lowest BCUT2D eigenvalue weighted by Gasteiger charge is -2.17. The van der Waals surface area contributed by atoms with E-state index in [4.69, 9.17) is 10.3 Å². The lowest BCUT2D eigenvalue weighted by Crippen LogP contribution is -2.33. The molecule has 0 spiro atoms. The van der Waals surface area contributed by atoms with E-state index in [9.17, 15) is 4.79 Å². The van der Waals surface area contributed by atoms with Crippen LogP contribution in [0.1, 0.15) is 25.5 Å². The molecule has 1 aromatic carbocycles. The summed E-state index contributed by atoms with van der Waals surface area (Å²) in [4.78, 5) is 12.4. The van der Waals surface area contributed by atoms with Crippen LogP contribution in [-0.2, 0) is 4.79 Å². The van der Waals surface area contributed by atoms with Crippen LogP contribution in [0.25, 0.3) is 11.6 Å². The van der Waals surface area contributed by atoms with Crippen molar-refractivity contribution in [2.75, 3.05) is 5.84 Å². The Kier molecular flexibility index (Phi) is 5.08. The number of nitrogens with zero attached hydrogens (tertiary/aromatic N) is 3. The van der Waals surface area contributed by atoms with Crippen LogP contribution in [0.15, 0.2) is 58.3 Å². The standard InChI is InChI=1S/C17H19N5O2S/c1-11(13-7-4-3-5-8-13)19-16(23)12(2)25-17-21-20-15(22(17)18)14-9-6-10-24-14/h3-12H,18H2,1-2H3,(H,19,23). The molecule has 0 radical (unpaired) electrons. The maximum Gasteiger partial charge on any atom is 0.233 e. The van der Waals surface area contributed by atoms with Crippen LogP contribution in [0.2, 0.25) is 0 Å². The molecule has 2 unspecified atom stereocenters. The van der Waals surface area contributed by atoms with E-state index in [2.05, 4.69) is 15.5 Å². The van der Waals surface area contributed by atoms with E-state index >= 15 is 0 Å². The first-order valence-corrected chi connectivity index (χ1v) is 8.70. The molecule has 0 saturated heterocycles. The number of hydrogen-bond acceptors (Lipinski definition) is 6. The second-order valence-electron chi connectivity index (χ2n) is 5.55. The van der Waals surface area contributed by atoms with Gasteiger partial charge in [0.2, 0.25) is 16.9 Å². The van der Waals surface area contributed by atoms with Gasteiger partial charge in [-0.05, 0) is 31.5 Å². The minimum absolute atomic E-state index is 0.0776. The number of nitrogens with two attached hydrogens (primary N) is 1. The number of amides is 1. The minimum atomic E-state index is -0.373.